The Morgan fingerprint density at radius 2 is 2.05 bits per heavy atom. The van der Waals surface area contributed by atoms with Gasteiger partial charge < -0.3 is 0 Å². The molecule has 0 fully saturated rings. The van der Waals surface area contributed by atoms with Crippen molar-refractivity contribution in [2.24, 2.45) is 0 Å². The van der Waals surface area contributed by atoms with Crippen LogP contribution < -0.4 is 5.01 Å². The van der Waals surface area contributed by atoms with Gasteiger partial charge in [0.25, 0.3) is 0 Å². The maximum atomic E-state index is 4.54. The number of fused-ring (bicyclic) bond motifs is 1. The zero-order chi connectivity index (χ0) is 13.6. The molecular weight excluding hydrogens is 302 g/mol. The van der Waals surface area contributed by atoms with Crippen molar-refractivity contribution in [1.29, 1.82) is 0 Å². The number of benzene rings is 1. The molecule has 4 heteroatoms. The molecule has 0 N–H and O–H groups in total. The molecule has 0 saturated heterocycles. The Morgan fingerprint density at radius 3 is 2.79 bits per heavy atom. The van der Waals surface area contributed by atoms with Gasteiger partial charge in [0.1, 0.15) is 0 Å². The maximum Gasteiger partial charge on any atom is 0.0925 e. The van der Waals surface area contributed by atoms with Crippen LogP contribution in [0.1, 0.15) is 20.8 Å². The van der Waals surface area contributed by atoms with Crippen molar-refractivity contribution in [2.75, 3.05) is 5.01 Å². The lowest BCUT2D eigenvalue weighted by Crippen LogP contribution is -2.41. The van der Waals surface area contributed by atoms with Crippen molar-refractivity contribution < 1.29 is 0 Å². The summed E-state index contributed by atoms with van der Waals surface area (Å²) in [5.41, 5.74) is 3.64. The number of aromatic nitrogens is 2. The van der Waals surface area contributed by atoms with E-state index >= 15 is 0 Å². The monoisotopic (exact) mass is 317 g/mol. The first-order valence-electron chi connectivity index (χ1n) is 6.36. The van der Waals surface area contributed by atoms with Gasteiger partial charge in [-0.3, -0.25) is 5.01 Å². The normalized spacial score (nSPS) is 19.6. The molecule has 0 radical (unpaired) electrons. The van der Waals surface area contributed by atoms with E-state index in [0.717, 1.165) is 15.4 Å². The van der Waals surface area contributed by atoms with Gasteiger partial charge in [-0.25, -0.2) is 0 Å². The molecule has 1 aliphatic rings. The lowest BCUT2D eigenvalue weighted by Gasteiger charge is -2.33. The summed E-state index contributed by atoms with van der Waals surface area (Å²) in [6, 6.07) is 6.54. The van der Waals surface area contributed by atoms with Gasteiger partial charge in [-0.2, -0.15) is 9.89 Å². The molecule has 1 aromatic heterocycles. The fourth-order valence-electron chi connectivity index (χ4n) is 2.70. The van der Waals surface area contributed by atoms with Gasteiger partial charge in [0.15, 0.2) is 0 Å². The van der Waals surface area contributed by atoms with Crippen LogP contribution in [0, 0.1) is 0 Å². The Morgan fingerprint density at radius 1 is 1.26 bits per heavy atom. The van der Waals surface area contributed by atoms with Gasteiger partial charge in [0.05, 0.1) is 17.8 Å². The summed E-state index contributed by atoms with van der Waals surface area (Å²) in [7, 11) is 0. The molecule has 1 aliphatic heterocycles. The number of halogens is 1. The molecule has 1 atom stereocenters. The van der Waals surface area contributed by atoms with Crippen molar-refractivity contribution >= 4 is 26.8 Å². The number of hydrogen-bond acceptors (Lipinski definition) is 2. The molecule has 0 spiro atoms. The second-order valence-corrected chi connectivity index (χ2v) is 5.93. The number of hydrogen-bond donors (Lipinski definition) is 0. The van der Waals surface area contributed by atoms with E-state index in [2.05, 4.69) is 77.2 Å². The minimum absolute atomic E-state index is 0.303. The molecule has 3 rings (SSSR count). The van der Waals surface area contributed by atoms with Crippen LogP contribution in [0.5, 0.6) is 0 Å². The molecule has 2 aromatic rings. The molecule has 3 nitrogen and oxygen atoms in total. The van der Waals surface area contributed by atoms with Gasteiger partial charge in [0, 0.05) is 15.6 Å². The van der Waals surface area contributed by atoms with Gasteiger partial charge in [-0.15, -0.1) is 0 Å². The third-order valence-electron chi connectivity index (χ3n) is 3.40. The zero-order valence-electron chi connectivity index (χ0n) is 11.3. The van der Waals surface area contributed by atoms with E-state index in [0.29, 0.717) is 6.04 Å². The highest BCUT2D eigenvalue weighted by molar-refractivity contribution is 9.10. The molecule has 0 aliphatic carbocycles. The molecule has 1 aromatic carbocycles. The van der Waals surface area contributed by atoms with E-state index < -0.39 is 0 Å². The van der Waals surface area contributed by atoms with Crippen molar-refractivity contribution in [3.05, 3.63) is 52.3 Å². The van der Waals surface area contributed by atoms with E-state index in [1.807, 2.05) is 11.0 Å². The SMILES string of the molecule is CC1=CC(C)N(n2ncc3cc(Br)ccc32)C(C)=C1. The number of nitrogens with zero attached hydrogens (tertiary/aromatic N) is 3. The van der Waals surface area contributed by atoms with Crippen molar-refractivity contribution in [1.82, 2.24) is 9.89 Å². The van der Waals surface area contributed by atoms with Crippen molar-refractivity contribution in [2.45, 2.75) is 26.8 Å². The Balaban J connectivity index is 2.13. The molecule has 98 valence electrons. The van der Waals surface area contributed by atoms with Gasteiger partial charge >= 0.3 is 0 Å². The molecule has 0 amide bonds. The van der Waals surface area contributed by atoms with Crippen molar-refractivity contribution in [3.63, 3.8) is 0 Å². The van der Waals surface area contributed by atoms with E-state index in [4.69, 9.17) is 0 Å². The predicted octanol–water partition coefficient (Wildman–Crippen LogP) is 3.99. The smallest absolute Gasteiger partial charge is 0.0925 e. The predicted molar refractivity (Wildman–Crippen MR) is 82.6 cm³/mol. The highest BCUT2D eigenvalue weighted by atomic mass is 79.9. The summed E-state index contributed by atoms with van der Waals surface area (Å²) in [4.78, 5) is 1.99. The quantitative estimate of drug-likeness (QED) is 0.793. The first-order chi connectivity index (χ1) is 9.06. The van der Waals surface area contributed by atoms with Crippen LogP contribution in [0.25, 0.3) is 10.9 Å². The van der Waals surface area contributed by atoms with Crippen LogP contribution >= 0.6 is 15.9 Å². The third kappa shape index (κ3) is 2.10. The lowest BCUT2D eigenvalue weighted by molar-refractivity contribution is 0.559. The van der Waals surface area contributed by atoms with Gasteiger partial charge in [0.2, 0.25) is 0 Å². The van der Waals surface area contributed by atoms with E-state index in [-0.39, 0.29) is 0 Å². The summed E-state index contributed by atoms with van der Waals surface area (Å²) < 4.78 is 1.08. The average Bonchev–Trinajstić information content (AvgIpc) is 2.71. The fourth-order valence-corrected chi connectivity index (χ4v) is 3.08. The Labute approximate surface area is 121 Å². The summed E-state index contributed by atoms with van der Waals surface area (Å²) in [5, 5.41) is 7.89. The minimum atomic E-state index is 0.303. The van der Waals surface area contributed by atoms with Crippen LogP contribution in [-0.2, 0) is 0 Å². The molecule has 1 unspecified atom stereocenters. The average molecular weight is 318 g/mol. The van der Waals surface area contributed by atoms with Gasteiger partial charge in [-0.1, -0.05) is 27.6 Å². The van der Waals surface area contributed by atoms with Crippen LogP contribution in [-0.4, -0.2) is 15.9 Å². The van der Waals surface area contributed by atoms with E-state index in [9.17, 15) is 0 Å². The summed E-state index contributed by atoms with van der Waals surface area (Å²) in [6.07, 6.45) is 6.34. The molecule has 19 heavy (non-hydrogen) atoms. The number of rotatable bonds is 1. The highest BCUT2D eigenvalue weighted by Gasteiger charge is 2.20. The van der Waals surface area contributed by atoms with Crippen LogP contribution in [0.2, 0.25) is 0 Å². The van der Waals surface area contributed by atoms with Gasteiger partial charge in [-0.05, 0) is 45.0 Å². The lowest BCUT2D eigenvalue weighted by atomic mass is 10.1. The van der Waals surface area contributed by atoms with Crippen molar-refractivity contribution in [3.8, 4) is 0 Å². The molecule has 2 heterocycles. The molecule has 0 bridgehead atoms. The molecular formula is C15H16BrN3. The number of allylic oxidation sites excluding steroid dienone is 3. The minimum Gasteiger partial charge on any atom is -0.263 e. The largest absolute Gasteiger partial charge is 0.263 e. The first kappa shape index (κ1) is 12.5. The topological polar surface area (TPSA) is 21.1 Å². The summed E-state index contributed by atoms with van der Waals surface area (Å²) >= 11 is 3.50. The Hall–Kier alpha value is -1.55. The van der Waals surface area contributed by atoms with Crippen LogP contribution in [0.3, 0.4) is 0 Å². The van der Waals surface area contributed by atoms with Crippen LogP contribution in [0.4, 0.5) is 0 Å². The summed E-state index contributed by atoms with van der Waals surface area (Å²) in [6.45, 7) is 6.45. The van der Waals surface area contributed by atoms with E-state index in [1.54, 1.807) is 0 Å². The second kappa shape index (κ2) is 4.53. The molecule has 0 saturated carbocycles. The van der Waals surface area contributed by atoms with Crippen LogP contribution in [0.15, 0.2) is 52.3 Å². The first-order valence-corrected chi connectivity index (χ1v) is 7.15. The third-order valence-corrected chi connectivity index (χ3v) is 3.90. The highest BCUT2D eigenvalue weighted by Crippen LogP contribution is 2.24. The zero-order valence-corrected chi connectivity index (χ0v) is 12.8. The Kier molecular flexibility index (Phi) is 2.97. The Bertz CT molecular complexity index is 696. The standard InChI is InChI=1S/C15H16BrN3/c1-10-6-11(2)18(12(3)7-10)19-15-5-4-14(16)8-13(15)9-17-19/h4-9,11H,1-3H3. The fraction of sp³-hybridized carbons (Fsp3) is 0.267. The van der Waals surface area contributed by atoms with E-state index in [1.165, 1.54) is 11.3 Å². The summed E-state index contributed by atoms with van der Waals surface area (Å²) in [5.74, 6) is 0. The second-order valence-electron chi connectivity index (χ2n) is 5.02. The maximum absolute atomic E-state index is 4.54.